The van der Waals surface area contributed by atoms with E-state index in [4.69, 9.17) is 27.2 Å². The van der Waals surface area contributed by atoms with Crippen LogP contribution in [0.2, 0.25) is 5.02 Å². The Morgan fingerprint density at radius 3 is 2.71 bits per heavy atom. The summed E-state index contributed by atoms with van der Waals surface area (Å²) < 4.78 is 8.04. The van der Waals surface area contributed by atoms with Crippen LogP contribution in [-0.4, -0.2) is 56.2 Å². The lowest BCUT2D eigenvalue weighted by Crippen LogP contribution is -2.22. The highest BCUT2D eigenvalue weighted by atomic mass is 35.5. The second-order valence-corrected chi connectivity index (χ2v) is 8.90. The number of benzene rings is 1. The van der Waals surface area contributed by atoms with Crippen molar-refractivity contribution in [3.05, 3.63) is 58.3 Å². The van der Waals surface area contributed by atoms with Gasteiger partial charge in [-0.1, -0.05) is 11.6 Å². The molecule has 1 unspecified atom stereocenters. The highest BCUT2D eigenvalue weighted by molar-refractivity contribution is 6.32. The molecule has 1 atom stereocenters. The van der Waals surface area contributed by atoms with E-state index in [0.717, 1.165) is 22.4 Å². The van der Waals surface area contributed by atoms with Crippen LogP contribution < -0.4 is 10.5 Å². The lowest BCUT2D eigenvalue weighted by atomic mass is 9.91. The summed E-state index contributed by atoms with van der Waals surface area (Å²) in [6.45, 7) is 8.13. The predicted molar refractivity (Wildman–Crippen MR) is 137 cm³/mol. The van der Waals surface area contributed by atoms with Crippen molar-refractivity contribution in [2.45, 2.75) is 33.7 Å². The summed E-state index contributed by atoms with van der Waals surface area (Å²) in [5.41, 5.74) is 11.0. The van der Waals surface area contributed by atoms with Crippen LogP contribution >= 0.6 is 11.6 Å². The molecule has 4 aromatic rings. The maximum Gasteiger partial charge on any atom is 0.255 e. The molecule has 0 saturated heterocycles. The number of amides is 1. The Kier molecular flexibility index (Phi) is 6.62. The molecule has 182 valence electrons. The highest BCUT2D eigenvalue weighted by Crippen LogP contribution is 2.44. The minimum absolute atomic E-state index is 0.162. The van der Waals surface area contributed by atoms with Gasteiger partial charge in [0, 0.05) is 48.2 Å². The highest BCUT2D eigenvalue weighted by Gasteiger charge is 2.27. The second-order valence-electron chi connectivity index (χ2n) is 8.49. The molecule has 0 spiro atoms. The van der Waals surface area contributed by atoms with E-state index >= 15 is 0 Å². The van der Waals surface area contributed by atoms with Crippen LogP contribution in [0.25, 0.3) is 22.2 Å². The average molecular weight is 494 g/mol. The monoisotopic (exact) mass is 493 g/mol. The fourth-order valence-corrected chi connectivity index (χ4v) is 4.49. The molecule has 35 heavy (non-hydrogen) atoms. The molecular weight excluding hydrogens is 466 g/mol. The standard InChI is InChI=1S/C25H28ClN7O2/c1-7-35-22-17(15(4)33-24-21(14(3)31-33)23(27)29-12-30-24)10-19(26)13(2)20(22)16-8-9-28-11-18(16)25(34)32(5)6/h8-12,15H,7H2,1-6H3,(H2,27,29,30). The molecule has 0 radical (unpaired) electrons. The van der Waals surface area contributed by atoms with Crippen molar-refractivity contribution in [2.24, 2.45) is 0 Å². The molecule has 0 aliphatic heterocycles. The van der Waals surface area contributed by atoms with Gasteiger partial charge in [-0.3, -0.25) is 9.78 Å². The summed E-state index contributed by atoms with van der Waals surface area (Å²) in [6, 6.07) is 3.39. The smallest absolute Gasteiger partial charge is 0.255 e. The third-order valence-corrected chi connectivity index (χ3v) is 6.42. The molecule has 1 aromatic carbocycles. The molecular formula is C25H28ClN7O2. The van der Waals surface area contributed by atoms with Crippen molar-refractivity contribution in [1.82, 2.24) is 29.6 Å². The molecule has 0 saturated carbocycles. The number of nitrogens with two attached hydrogens (primary N) is 1. The van der Waals surface area contributed by atoms with Crippen molar-refractivity contribution in [2.75, 3.05) is 26.4 Å². The molecule has 10 heteroatoms. The van der Waals surface area contributed by atoms with Crippen LogP contribution in [0.4, 0.5) is 5.82 Å². The van der Waals surface area contributed by atoms with Gasteiger partial charge in [0.1, 0.15) is 17.9 Å². The number of nitrogens with zero attached hydrogens (tertiary/aromatic N) is 6. The van der Waals surface area contributed by atoms with E-state index in [1.807, 2.05) is 39.8 Å². The van der Waals surface area contributed by atoms with Crippen LogP contribution in [0.1, 0.15) is 47.1 Å². The first-order chi connectivity index (χ1) is 16.7. The first kappa shape index (κ1) is 24.4. The lowest BCUT2D eigenvalue weighted by molar-refractivity contribution is 0.0828. The zero-order valence-electron chi connectivity index (χ0n) is 20.6. The summed E-state index contributed by atoms with van der Waals surface area (Å²) >= 11 is 6.77. The normalized spacial score (nSPS) is 12.1. The average Bonchev–Trinajstić information content (AvgIpc) is 3.18. The Hall–Kier alpha value is -3.72. The van der Waals surface area contributed by atoms with Crippen molar-refractivity contribution >= 4 is 34.4 Å². The number of anilines is 1. The van der Waals surface area contributed by atoms with Gasteiger partial charge < -0.3 is 15.4 Å². The van der Waals surface area contributed by atoms with Crippen LogP contribution in [0, 0.1) is 13.8 Å². The van der Waals surface area contributed by atoms with Crippen molar-refractivity contribution in [3.63, 3.8) is 0 Å². The Morgan fingerprint density at radius 2 is 2.03 bits per heavy atom. The van der Waals surface area contributed by atoms with Gasteiger partial charge >= 0.3 is 0 Å². The Balaban J connectivity index is 2.01. The van der Waals surface area contributed by atoms with E-state index in [2.05, 4.69) is 15.0 Å². The Labute approximate surface area is 208 Å². The number of fused-ring (bicyclic) bond motifs is 1. The van der Waals surface area contributed by atoms with Crippen molar-refractivity contribution in [3.8, 4) is 16.9 Å². The number of carbonyl (C=O) groups excluding carboxylic acids is 1. The second kappa shape index (κ2) is 9.50. The zero-order valence-corrected chi connectivity index (χ0v) is 21.4. The maximum absolute atomic E-state index is 13.0. The number of rotatable bonds is 6. The van der Waals surface area contributed by atoms with E-state index in [-0.39, 0.29) is 11.9 Å². The van der Waals surface area contributed by atoms with Gasteiger partial charge in [0.05, 0.1) is 29.3 Å². The van der Waals surface area contributed by atoms with Crippen LogP contribution in [0.15, 0.2) is 30.9 Å². The third kappa shape index (κ3) is 4.16. The van der Waals surface area contributed by atoms with Gasteiger partial charge in [0.15, 0.2) is 5.65 Å². The number of pyridine rings is 1. The molecule has 9 nitrogen and oxygen atoms in total. The molecule has 0 aliphatic carbocycles. The molecule has 0 aliphatic rings. The van der Waals surface area contributed by atoms with Gasteiger partial charge in [0.2, 0.25) is 0 Å². The first-order valence-electron chi connectivity index (χ1n) is 11.2. The number of hydrogen-bond donors (Lipinski definition) is 1. The molecule has 2 N–H and O–H groups in total. The molecule has 3 heterocycles. The number of nitrogen functional groups attached to an aromatic ring is 1. The number of ether oxygens (including phenoxy) is 1. The molecule has 4 rings (SSSR count). The number of halogens is 1. The Morgan fingerprint density at radius 1 is 1.29 bits per heavy atom. The predicted octanol–water partition coefficient (Wildman–Crippen LogP) is 4.45. The van der Waals surface area contributed by atoms with E-state index in [1.165, 1.54) is 11.2 Å². The third-order valence-electron chi connectivity index (χ3n) is 6.03. The van der Waals surface area contributed by atoms with E-state index in [1.54, 1.807) is 31.2 Å². The molecule has 0 fully saturated rings. The summed E-state index contributed by atoms with van der Waals surface area (Å²) in [5, 5.41) is 5.98. The number of aromatic nitrogens is 5. The molecule has 3 aromatic heterocycles. The fourth-order valence-electron chi connectivity index (χ4n) is 4.27. The first-order valence-corrected chi connectivity index (χ1v) is 11.6. The van der Waals surface area contributed by atoms with Gasteiger partial charge in [-0.05, 0) is 45.4 Å². The van der Waals surface area contributed by atoms with Crippen molar-refractivity contribution in [1.29, 1.82) is 0 Å². The minimum atomic E-state index is -0.311. The molecule has 0 bridgehead atoms. The summed E-state index contributed by atoms with van der Waals surface area (Å²) in [5.74, 6) is 0.844. The quantitative estimate of drug-likeness (QED) is 0.422. The maximum atomic E-state index is 13.0. The number of carbonyl (C=O) groups is 1. The van der Waals surface area contributed by atoms with E-state index in [0.29, 0.717) is 45.4 Å². The van der Waals surface area contributed by atoms with Crippen molar-refractivity contribution < 1.29 is 9.53 Å². The van der Waals surface area contributed by atoms with Crippen LogP contribution in [0.5, 0.6) is 5.75 Å². The number of hydrogen-bond acceptors (Lipinski definition) is 7. The summed E-state index contributed by atoms with van der Waals surface area (Å²) in [7, 11) is 3.42. The summed E-state index contributed by atoms with van der Waals surface area (Å²) in [4.78, 5) is 27.3. The van der Waals surface area contributed by atoms with E-state index < -0.39 is 0 Å². The van der Waals surface area contributed by atoms with Gasteiger partial charge in [0.25, 0.3) is 5.91 Å². The fraction of sp³-hybridized carbons (Fsp3) is 0.320. The lowest BCUT2D eigenvalue weighted by Gasteiger charge is -2.24. The van der Waals surface area contributed by atoms with E-state index in [9.17, 15) is 4.79 Å². The van der Waals surface area contributed by atoms with Gasteiger partial charge in [-0.2, -0.15) is 5.10 Å². The topological polar surface area (TPSA) is 112 Å². The number of aryl methyl sites for hydroxylation is 1. The van der Waals surface area contributed by atoms with Gasteiger partial charge in [-0.25, -0.2) is 14.6 Å². The molecule has 1 amide bonds. The largest absolute Gasteiger partial charge is 0.493 e. The SMILES string of the molecule is CCOc1c(C(C)n2nc(C)c3c(N)ncnc32)cc(Cl)c(C)c1-c1ccncc1C(=O)N(C)C. The summed E-state index contributed by atoms with van der Waals surface area (Å²) in [6.07, 6.45) is 4.65. The Bertz CT molecular complexity index is 1430. The minimum Gasteiger partial charge on any atom is -0.493 e. The zero-order chi connectivity index (χ0) is 25.4. The van der Waals surface area contributed by atoms with Gasteiger partial charge in [-0.15, -0.1) is 0 Å². The van der Waals surface area contributed by atoms with Crippen LogP contribution in [-0.2, 0) is 0 Å². The van der Waals surface area contributed by atoms with Crippen LogP contribution in [0.3, 0.4) is 0 Å².